The number of hydrogen-bond acceptors (Lipinski definition) is 6. The van der Waals surface area contributed by atoms with Crippen molar-refractivity contribution in [2.75, 3.05) is 46.2 Å². The summed E-state index contributed by atoms with van der Waals surface area (Å²) in [4.78, 5) is 23.2. The summed E-state index contributed by atoms with van der Waals surface area (Å²) >= 11 is 0. The number of carbonyl (C=O) groups excluding carboxylic acids is 1. The van der Waals surface area contributed by atoms with Gasteiger partial charge in [0, 0.05) is 31.7 Å². The number of benzene rings is 1. The first kappa shape index (κ1) is 23.9. The van der Waals surface area contributed by atoms with Gasteiger partial charge in [-0.15, -0.1) is 0 Å². The Bertz CT molecular complexity index is 1080. The molecule has 2 aromatic rings. The number of likely N-dealkylation sites (tertiary alicyclic amines) is 1. The first-order chi connectivity index (χ1) is 16.5. The SMILES string of the molecule is C=CC(=O)N1CCCC(C2C(C)c3ncnc(N)c3C(c3ccc(OCCOC)cc3)=[N+]2C)C1. The molecule has 1 saturated heterocycles. The van der Waals surface area contributed by atoms with Crippen LogP contribution >= 0.6 is 0 Å². The minimum absolute atomic E-state index is 0.00366. The third-order valence-electron chi connectivity index (χ3n) is 7.00. The average Bonchev–Trinajstić information content (AvgIpc) is 2.85. The highest BCUT2D eigenvalue weighted by atomic mass is 16.5. The van der Waals surface area contributed by atoms with Crippen LogP contribution in [0.1, 0.15) is 42.5 Å². The minimum Gasteiger partial charge on any atom is -0.491 e. The number of amides is 1. The van der Waals surface area contributed by atoms with Gasteiger partial charge in [0.2, 0.25) is 11.6 Å². The topological polar surface area (TPSA) is 93.6 Å². The molecule has 0 aliphatic carbocycles. The molecule has 0 bridgehead atoms. The van der Waals surface area contributed by atoms with Crippen molar-refractivity contribution in [2.45, 2.75) is 31.7 Å². The van der Waals surface area contributed by atoms with E-state index in [1.807, 2.05) is 29.2 Å². The highest BCUT2D eigenvalue weighted by Crippen LogP contribution is 2.38. The second-order valence-electron chi connectivity index (χ2n) is 9.01. The molecule has 8 heteroatoms. The van der Waals surface area contributed by atoms with Gasteiger partial charge in [-0.25, -0.2) is 14.5 Å². The lowest BCUT2D eigenvalue weighted by Gasteiger charge is -2.38. The molecule has 1 aromatic carbocycles. The van der Waals surface area contributed by atoms with Crippen LogP contribution in [0.4, 0.5) is 5.82 Å². The molecule has 3 atom stereocenters. The number of fused-ring (bicyclic) bond motifs is 1. The third kappa shape index (κ3) is 4.55. The molecule has 1 fully saturated rings. The number of hydrogen-bond donors (Lipinski definition) is 1. The largest absolute Gasteiger partial charge is 0.491 e. The van der Waals surface area contributed by atoms with Crippen LogP contribution in [-0.2, 0) is 9.53 Å². The van der Waals surface area contributed by atoms with Crippen LogP contribution in [0.25, 0.3) is 0 Å². The summed E-state index contributed by atoms with van der Waals surface area (Å²) in [5, 5.41) is 0. The fourth-order valence-electron chi connectivity index (χ4n) is 5.47. The summed E-state index contributed by atoms with van der Waals surface area (Å²) in [7, 11) is 3.77. The van der Waals surface area contributed by atoms with Crippen molar-refractivity contribution < 1.29 is 18.8 Å². The Balaban J connectivity index is 1.74. The second-order valence-corrected chi connectivity index (χ2v) is 9.01. The van der Waals surface area contributed by atoms with Crippen molar-refractivity contribution in [2.24, 2.45) is 5.92 Å². The summed E-state index contributed by atoms with van der Waals surface area (Å²) in [5.74, 6) is 1.69. The fraction of sp³-hybridized carbons (Fsp3) is 0.462. The molecule has 2 aliphatic heterocycles. The van der Waals surface area contributed by atoms with Gasteiger partial charge in [0.15, 0.2) is 6.04 Å². The Morgan fingerprint density at radius 2 is 2.06 bits per heavy atom. The molecular weight excluding hydrogens is 430 g/mol. The number of methoxy groups -OCH3 is 1. The van der Waals surface area contributed by atoms with Crippen LogP contribution in [0.3, 0.4) is 0 Å². The summed E-state index contributed by atoms with van der Waals surface area (Å²) in [6.07, 6.45) is 4.98. The van der Waals surface area contributed by atoms with Crippen molar-refractivity contribution >= 4 is 17.4 Å². The lowest BCUT2D eigenvalue weighted by Crippen LogP contribution is -2.50. The summed E-state index contributed by atoms with van der Waals surface area (Å²) in [6, 6.07) is 8.18. The Kier molecular flexibility index (Phi) is 7.26. The Morgan fingerprint density at radius 1 is 1.29 bits per heavy atom. The second kappa shape index (κ2) is 10.3. The molecule has 8 nitrogen and oxygen atoms in total. The zero-order chi connectivity index (χ0) is 24.2. The number of ether oxygens (including phenoxy) is 2. The zero-order valence-corrected chi connectivity index (χ0v) is 20.2. The van der Waals surface area contributed by atoms with E-state index >= 15 is 0 Å². The van der Waals surface area contributed by atoms with Gasteiger partial charge >= 0.3 is 0 Å². The maximum atomic E-state index is 12.3. The predicted octanol–water partition coefficient (Wildman–Crippen LogP) is 2.47. The Labute approximate surface area is 201 Å². The number of likely N-dealkylation sites (N-methyl/N-ethyl adjacent to an activating group) is 1. The van der Waals surface area contributed by atoms with Crippen LogP contribution in [0, 0.1) is 5.92 Å². The quantitative estimate of drug-likeness (QED) is 0.384. The number of anilines is 1. The van der Waals surface area contributed by atoms with E-state index in [9.17, 15) is 4.79 Å². The van der Waals surface area contributed by atoms with E-state index in [2.05, 4.69) is 35.1 Å². The Hall–Kier alpha value is -3.26. The molecular formula is C26H34N5O3+. The van der Waals surface area contributed by atoms with Crippen molar-refractivity contribution in [3.05, 3.63) is 60.1 Å². The number of nitrogens with zero attached hydrogens (tertiary/aromatic N) is 4. The highest BCUT2D eigenvalue weighted by Gasteiger charge is 2.46. The van der Waals surface area contributed by atoms with Gasteiger partial charge in [0.1, 0.15) is 37.1 Å². The molecule has 0 radical (unpaired) electrons. The van der Waals surface area contributed by atoms with Gasteiger partial charge in [0.25, 0.3) is 0 Å². The standard InChI is InChI=1S/C26H33N5O3/c1-5-21(32)31-12-6-7-19(15-31)24-17(2)23-22(26(27)29-16-28-23)25(30(24)3)18-8-10-20(11-9-18)34-14-13-33-4/h5,8-11,16-17,19,24,27H,1,6-7,12-15H2,2-4H3/p+1. The van der Waals surface area contributed by atoms with Crippen LogP contribution < -0.4 is 10.5 Å². The first-order valence-corrected chi connectivity index (χ1v) is 11.8. The van der Waals surface area contributed by atoms with Crippen LogP contribution in [-0.4, -0.2) is 77.6 Å². The highest BCUT2D eigenvalue weighted by molar-refractivity contribution is 6.13. The normalized spacial score (nSPS) is 22.3. The van der Waals surface area contributed by atoms with Gasteiger partial charge in [-0.2, -0.15) is 0 Å². The number of carbonyl (C=O) groups is 1. The molecule has 3 heterocycles. The van der Waals surface area contributed by atoms with Gasteiger partial charge in [-0.1, -0.05) is 13.5 Å². The molecule has 0 saturated carbocycles. The van der Waals surface area contributed by atoms with E-state index < -0.39 is 0 Å². The van der Waals surface area contributed by atoms with Crippen LogP contribution in [0.2, 0.25) is 0 Å². The maximum absolute atomic E-state index is 12.3. The van der Waals surface area contributed by atoms with Crippen LogP contribution in [0.15, 0.2) is 43.2 Å². The smallest absolute Gasteiger partial charge is 0.245 e. The van der Waals surface area contributed by atoms with Crippen molar-refractivity contribution in [1.82, 2.24) is 14.9 Å². The number of rotatable bonds is 7. The molecule has 4 rings (SSSR count). The minimum atomic E-state index is -0.00366. The summed E-state index contributed by atoms with van der Waals surface area (Å²) in [5.41, 5.74) is 10.3. The van der Waals surface area contributed by atoms with E-state index in [0.717, 1.165) is 47.7 Å². The molecule has 34 heavy (non-hydrogen) atoms. The Morgan fingerprint density at radius 3 is 2.76 bits per heavy atom. The van der Waals surface area contributed by atoms with E-state index in [1.54, 1.807) is 13.4 Å². The average molecular weight is 465 g/mol. The molecule has 3 unspecified atom stereocenters. The van der Waals surface area contributed by atoms with Gasteiger partial charge in [-0.3, -0.25) is 4.79 Å². The number of nitrogen functional groups attached to an aromatic ring is 1. The van der Waals surface area contributed by atoms with Gasteiger partial charge in [0.05, 0.1) is 18.2 Å². The molecule has 180 valence electrons. The van der Waals surface area contributed by atoms with Crippen molar-refractivity contribution in [3.8, 4) is 5.75 Å². The zero-order valence-electron chi connectivity index (χ0n) is 20.2. The molecule has 1 amide bonds. The third-order valence-corrected chi connectivity index (χ3v) is 7.00. The molecule has 1 aromatic heterocycles. The van der Waals surface area contributed by atoms with E-state index in [4.69, 9.17) is 15.2 Å². The number of aromatic nitrogens is 2. The number of nitrogens with two attached hydrogens (primary N) is 1. The monoisotopic (exact) mass is 464 g/mol. The van der Waals surface area contributed by atoms with E-state index in [-0.39, 0.29) is 17.9 Å². The molecule has 2 N–H and O–H groups in total. The van der Waals surface area contributed by atoms with Crippen molar-refractivity contribution in [1.29, 1.82) is 0 Å². The van der Waals surface area contributed by atoms with Crippen molar-refractivity contribution in [3.63, 3.8) is 0 Å². The lowest BCUT2D eigenvalue weighted by molar-refractivity contribution is -0.553. The predicted molar refractivity (Wildman–Crippen MR) is 131 cm³/mol. The molecule has 0 spiro atoms. The first-order valence-electron chi connectivity index (χ1n) is 11.8. The van der Waals surface area contributed by atoms with Gasteiger partial charge < -0.3 is 20.1 Å². The molecule has 2 aliphatic rings. The fourth-order valence-corrected chi connectivity index (χ4v) is 5.47. The summed E-state index contributed by atoms with van der Waals surface area (Å²) in [6.45, 7) is 8.39. The summed E-state index contributed by atoms with van der Waals surface area (Å²) < 4.78 is 13.1. The van der Waals surface area contributed by atoms with E-state index in [1.165, 1.54) is 6.08 Å². The lowest BCUT2D eigenvalue weighted by atomic mass is 9.77. The number of piperidine rings is 1. The van der Waals surface area contributed by atoms with E-state index in [0.29, 0.717) is 31.5 Å². The van der Waals surface area contributed by atoms with Gasteiger partial charge in [-0.05, 0) is 43.2 Å². The van der Waals surface area contributed by atoms with Crippen LogP contribution in [0.5, 0.6) is 5.75 Å². The maximum Gasteiger partial charge on any atom is 0.245 e.